The third kappa shape index (κ3) is 6.16. The Bertz CT molecular complexity index is 2140. The predicted octanol–water partition coefficient (Wildman–Crippen LogP) is 7.26. The average molecular weight is 649 g/mol. The van der Waals surface area contributed by atoms with Crippen LogP contribution < -0.4 is 18.9 Å². The number of aromatic nitrogens is 2. The molecule has 0 bridgehead atoms. The van der Waals surface area contributed by atoms with Gasteiger partial charge in [0.2, 0.25) is 0 Å². The number of aryl methyl sites for hydroxylation is 2. The number of anilines is 2. The molecule has 49 heavy (non-hydrogen) atoms. The molecular formula is C43H48N6+2. The molecule has 6 heteroatoms. The summed E-state index contributed by atoms with van der Waals surface area (Å²) in [6.45, 7) is 15.1. The first kappa shape index (κ1) is 32.4. The van der Waals surface area contributed by atoms with Crippen molar-refractivity contribution in [2.75, 3.05) is 16.8 Å². The van der Waals surface area contributed by atoms with Gasteiger partial charge in [-0.1, -0.05) is 60.7 Å². The average Bonchev–Trinajstić information content (AvgIpc) is 3.62. The van der Waals surface area contributed by atoms with E-state index in [1.807, 2.05) is 0 Å². The minimum atomic E-state index is 0.756. The maximum absolute atomic E-state index is 4.87. The fraction of sp³-hybridized carbons (Fsp3) is 0.302. The van der Waals surface area contributed by atoms with Gasteiger partial charge in [0.15, 0.2) is 29.3 Å². The van der Waals surface area contributed by atoms with Crippen molar-refractivity contribution in [1.29, 1.82) is 0 Å². The molecule has 0 aliphatic carbocycles. The largest absolute Gasteiger partial charge is 0.331 e. The molecule has 6 nitrogen and oxygen atoms in total. The molecule has 4 heterocycles. The number of likely N-dealkylation sites (N-methyl/N-ethyl adjacent to an activating group) is 1. The van der Waals surface area contributed by atoms with Gasteiger partial charge in [-0.25, -0.2) is 4.57 Å². The zero-order valence-electron chi connectivity index (χ0n) is 30.3. The van der Waals surface area contributed by atoms with Crippen LogP contribution in [0.15, 0.2) is 95.1 Å². The topological polar surface area (TPSA) is 39.0 Å². The first-order valence-electron chi connectivity index (χ1n) is 17.4. The fourth-order valence-electron chi connectivity index (χ4n) is 7.50. The van der Waals surface area contributed by atoms with E-state index >= 15 is 0 Å². The van der Waals surface area contributed by atoms with Crippen LogP contribution in [0.5, 0.6) is 0 Å². The Morgan fingerprint density at radius 1 is 0.633 bits per heavy atom. The molecule has 2 aliphatic rings. The van der Waals surface area contributed by atoms with Gasteiger partial charge in [0.1, 0.15) is 18.7 Å². The zero-order chi connectivity index (χ0) is 34.4. The highest BCUT2D eigenvalue weighted by atomic mass is 15.4. The first-order chi connectivity index (χ1) is 23.6. The van der Waals surface area contributed by atoms with Crippen LogP contribution >= 0.6 is 0 Å². The van der Waals surface area contributed by atoms with Crippen molar-refractivity contribution in [3.8, 4) is 0 Å². The Morgan fingerprint density at radius 3 is 1.88 bits per heavy atom. The van der Waals surface area contributed by atoms with Crippen LogP contribution in [0.1, 0.15) is 67.3 Å². The van der Waals surface area contributed by atoms with Gasteiger partial charge in [-0.3, -0.25) is 0 Å². The third-order valence-corrected chi connectivity index (χ3v) is 11.1. The lowest BCUT2D eigenvalue weighted by atomic mass is 9.95. The molecule has 0 spiro atoms. The van der Waals surface area contributed by atoms with Crippen molar-refractivity contribution >= 4 is 23.0 Å². The van der Waals surface area contributed by atoms with E-state index in [0.717, 1.165) is 44.0 Å². The number of benzene rings is 3. The van der Waals surface area contributed by atoms with Crippen LogP contribution in [0.4, 0.5) is 11.4 Å². The molecule has 248 valence electrons. The van der Waals surface area contributed by atoms with Crippen molar-refractivity contribution in [2.24, 2.45) is 17.3 Å². The molecule has 0 N–H and O–H groups in total. The standard InChI is InChI=1S/C43H48N6/c1-28-21-38(30(3)32(5)46(28)7)23-39-22-29(2)48(33(6)31(39)4)26-34-17-19-35(20-18-34)27-49-41-16-12-10-14-37(41)25-43(49)45-44-42-24-36-13-9-11-15-40(36)47(42)8/h9-22H,23-27H2,1-8H3/q+2/b44-42+,45-43-. The molecule has 0 atom stereocenters. The lowest BCUT2D eigenvalue weighted by Gasteiger charge is -2.20. The van der Waals surface area contributed by atoms with E-state index in [4.69, 9.17) is 10.2 Å². The van der Waals surface area contributed by atoms with Crippen molar-refractivity contribution in [3.05, 3.63) is 152 Å². The SMILES string of the molecule is Cc1c(Cc2cc(C)[n+](Cc3ccc(CN4/C(=N\N=C5/Cc6ccccc6N5C)Cc5ccccc54)cc3)c(C)c2C)cc(C)[n+](C)c1C. The number of nitrogens with zero attached hydrogens (tertiary/aromatic N) is 6. The van der Waals surface area contributed by atoms with Crippen LogP contribution in [0.25, 0.3) is 0 Å². The van der Waals surface area contributed by atoms with Gasteiger partial charge in [0.25, 0.3) is 0 Å². The fourth-order valence-corrected chi connectivity index (χ4v) is 7.50. The summed E-state index contributed by atoms with van der Waals surface area (Å²) >= 11 is 0. The number of para-hydroxylation sites is 2. The summed E-state index contributed by atoms with van der Waals surface area (Å²) in [5, 5.41) is 9.66. The number of rotatable bonds is 7. The summed E-state index contributed by atoms with van der Waals surface area (Å²) in [7, 11) is 4.24. The van der Waals surface area contributed by atoms with Gasteiger partial charge in [0, 0.05) is 94.3 Å². The van der Waals surface area contributed by atoms with E-state index in [-0.39, 0.29) is 0 Å². The van der Waals surface area contributed by atoms with Gasteiger partial charge < -0.3 is 9.80 Å². The molecule has 2 aliphatic heterocycles. The summed E-state index contributed by atoms with van der Waals surface area (Å²) in [5.41, 5.74) is 18.4. The molecule has 3 aromatic carbocycles. The molecule has 7 rings (SSSR count). The van der Waals surface area contributed by atoms with E-state index in [2.05, 4.69) is 160 Å². The zero-order valence-corrected chi connectivity index (χ0v) is 30.3. The molecule has 2 aromatic heterocycles. The van der Waals surface area contributed by atoms with E-state index in [1.54, 1.807) is 0 Å². The van der Waals surface area contributed by atoms with Crippen molar-refractivity contribution in [2.45, 2.75) is 73.9 Å². The summed E-state index contributed by atoms with van der Waals surface area (Å²) in [4.78, 5) is 4.49. The Kier molecular flexibility index (Phi) is 8.66. The smallest absolute Gasteiger partial charge is 0.181 e. The van der Waals surface area contributed by atoms with E-state index in [0.29, 0.717) is 0 Å². The van der Waals surface area contributed by atoms with Crippen molar-refractivity contribution in [3.63, 3.8) is 0 Å². The second kappa shape index (κ2) is 13.1. The van der Waals surface area contributed by atoms with Gasteiger partial charge >= 0.3 is 0 Å². The summed E-state index contributed by atoms with van der Waals surface area (Å²) in [6, 6.07) is 31.0. The van der Waals surface area contributed by atoms with Crippen LogP contribution in [-0.2, 0) is 39.4 Å². The second-order valence-corrected chi connectivity index (χ2v) is 14.0. The van der Waals surface area contributed by atoms with E-state index in [1.165, 1.54) is 78.7 Å². The minimum Gasteiger partial charge on any atom is -0.331 e. The summed E-state index contributed by atoms with van der Waals surface area (Å²) in [5.74, 6) is 1.97. The highest BCUT2D eigenvalue weighted by Crippen LogP contribution is 2.32. The minimum absolute atomic E-state index is 0.756. The molecule has 0 unspecified atom stereocenters. The Labute approximate surface area is 291 Å². The molecule has 0 saturated carbocycles. The van der Waals surface area contributed by atoms with Gasteiger partial charge in [-0.2, -0.15) is 4.57 Å². The van der Waals surface area contributed by atoms with E-state index in [9.17, 15) is 0 Å². The second-order valence-electron chi connectivity index (χ2n) is 14.0. The highest BCUT2D eigenvalue weighted by Gasteiger charge is 2.27. The third-order valence-electron chi connectivity index (χ3n) is 11.1. The molecule has 0 amide bonds. The lowest BCUT2D eigenvalue weighted by molar-refractivity contribution is -0.700. The number of fused-ring (bicyclic) bond motifs is 2. The quantitative estimate of drug-likeness (QED) is 0.138. The summed E-state index contributed by atoms with van der Waals surface area (Å²) in [6.07, 6.45) is 2.55. The maximum atomic E-state index is 4.87. The number of pyridine rings is 2. The number of amidine groups is 2. The highest BCUT2D eigenvalue weighted by molar-refractivity contribution is 6.07. The summed E-state index contributed by atoms with van der Waals surface area (Å²) < 4.78 is 4.74. The molecule has 0 radical (unpaired) electrons. The normalized spacial score (nSPS) is 15.4. The molecule has 5 aromatic rings. The maximum Gasteiger partial charge on any atom is 0.181 e. The van der Waals surface area contributed by atoms with Crippen LogP contribution in [0.3, 0.4) is 0 Å². The van der Waals surface area contributed by atoms with Gasteiger partial charge in [-0.15, -0.1) is 10.2 Å². The Hall–Kier alpha value is -5.10. The van der Waals surface area contributed by atoms with Crippen LogP contribution in [0, 0.1) is 41.5 Å². The predicted molar refractivity (Wildman–Crippen MR) is 201 cm³/mol. The molecule has 0 saturated heterocycles. The lowest BCUT2D eigenvalue weighted by Crippen LogP contribution is -2.42. The van der Waals surface area contributed by atoms with Crippen molar-refractivity contribution < 1.29 is 9.13 Å². The van der Waals surface area contributed by atoms with Gasteiger partial charge in [-0.05, 0) is 60.2 Å². The number of hydrogen-bond acceptors (Lipinski definition) is 2. The van der Waals surface area contributed by atoms with Crippen LogP contribution in [0.2, 0.25) is 0 Å². The van der Waals surface area contributed by atoms with Crippen molar-refractivity contribution in [1.82, 2.24) is 0 Å². The van der Waals surface area contributed by atoms with Gasteiger partial charge in [0.05, 0.1) is 0 Å². The van der Waals surface area contributed by atoms with E-state index < -0.39 is 0 Å². The van der Waals surface area contributed by atoms with Crippen LogP contribution in [-0.4, -0.2) is 18.7 Å². The number of hydrogen-bond donors (Lipinski definition) is 0. The Morgan fingerprint density at radius 2 is 1.18 bits per heavy atom. The first-order valence-corrected chi connectivity index (χ1v) is 17.4. The monoisotopic (exact) mass is 648 g/mol. The Balaban J connectivity index is 1.09. The molecule has 0 fully saturated rings. The molecular weight excluding hydrogens is 601 g/mol.